The van der Waals surface area contributed by atoms with Crippen molar-refractivity contribution in [3.8, 4) is 0 Å². The van der Waals surface area contributed by atoms with Crippen molar-refractivity contribution in [1.82, 2.24) is 0 Å². The molecule has 0 aromatic heterocycles. The second-order valence-corrected chi connectivity index (χ2v) is 17.7. The van der Waals surface area contributed by atoms with Crippen LogP contribution in [0.1, 0.15) is 188 Å². The molecule has 12 heteroatoms. The summed E-state index contributed by atoms with van der Waals surface area (Å²) in [7, 11) is -4.76. The van der Waals surface area contributed by atoms with Crippen molar-refractivity contribution >= 4 is 25.7 Å². The lowest BCUT2D eigenvalue weighted by Crippen LogP contribution is -2.30. The highest BCUT2D eigenvalue weighted by molar-refractivity contribution is 7.47. The summed E-state index contributed by atoms with van der Waals surface area (Å²) in [6.45, 7) is 4.22. The first-order chi connectivity index (χ1) is 32.2. The van der Waals surface area contributed by atoms with Crippen LogP contribution in [0.4, 0.5) is 0 Å². The van der Waals surface area contributed by atoms with Crippen LogP contribution >= 0.6 is 7.82 Å². The van der Waals surface area contributed by atoms with Crippen LogP contribution in [0.2, 0.25) is 0 Å². The fraction of sp³-hybridized carbons (Fsp3) is 0.648. The number of allylic oxidation sites excluding steroid dienone is 16. The molecule has 0 saturated heterocycles. The van der Waals surface area contributed by atoms with E-state index in [1.165, 1.54) is 12.8 Å². The Labute approximate surface area is 400 Å². The van der Waals surface area contributed by atoms with E-state index < -0.39 is 57.8 Å². The number of rotatable bonds is 45. The molecule has 3 unspecified atom stereocenters. The van der Waals surface area contributed by atoms with E-state index >= 15 is 0 Å². The molecule has 0 rings (SSSR count). The molecule has 376 valence electrons. The van der Waals surface area contributed by atoms with Crippen molar-refractivity contribution < 1.29 is 52.2 Å². The lowest BCUT2D eigenvalue weighted by molar-refractivity contribution is -0.161. The van der Waals surface area contributed by atoms with Gasteiger partial charge in [0, 0.05) is 19.3 Å². The van der Waals surface area contributed by atoms with Crippen LogP contribution in [0.5, 0.6) is 0 Å². The van der Waals surface area contributed by atoms with E-state index in [2.05, 4.69) is 106 Å². The van der Waals surface area contributed by atoms with Gasteiger partial charge in [0.05, 0.1) is 19.8 Å². The van der Waals surface area contributed by atoms with Crippen LogP contribution in [0.15, 0.2) is 97.2 Å². The van der Waals surface area contributed by atoms with Crippen molar-refractivity contribution in [2.75, 3.05) is 26.4 Å². The molecule has 0 amide bonds. The summed E-state index contributed by atoms with van der Waals surface area (Å²) in [5, 5.41) is 9.75. The number of phosphoric ester groups is 1. The minimum absolute atomic E-state index is 0.0967. The normalized spacial score (nSPS) is 14.3. The highest BCUT2D eigenvalue weighted by Crippen LogP contribution is 2.43. The standard InChI is InChI=1S/C54H89O11P/c1-4-7-10-13-16-19-22-24-25-27-30-33-36-39-42-45-54(58)65-51(47-61-52(56)43-40-37-34-31-29-26-23-20-17-14-11-8-5-2)49-63-66(59,60)62-48-50(46-55)64-53(57)44-41-38-35-32-28-21-18-15-12-9-6-3/h7-8,10-11,15-20,24-26,29,34,37,50-51,55H,4-6,9,12-14,21-23,27-28,30-33,35-36,38-49H2,1-3H3,(H,59,60)/b10-7-,11-8-,18-15-,19-16-,20-17-,25-24-,29-26-,37-34-. The van der Waals surface area contributed by atoms with Crippen LogP contribution < -0.4 is 0 Å². The number of carbonyl (C=O) groups is 3. The molecule has 0 heterocycles. The third-order valence-electron chi connectivity index (χ3n) is 9.99. The summed E-state index contributed by atoms with van der Waals surface area (Å²) in [6.07, 6.45) is 54.0. The Morgan fingerprint density at radius 3 is 1.29 bits per heavy atom. The lowest BCUT2D eigenvalue weighted by atomic mass is 10.1. The lowest BCUT2D eigenvalue weighted by Gasteiger charge is -2.21. The number of ether oxygens (including phenoxy) is 3. The number of aliphatic hydroxyl groups is 1. The second-order valence-electron chi connectivity index (χ2n) is 16.2. The van der Waals surface area contributed by atoms with Gasteiger partial charge in [0.1, 0.15) is 12.7 Å². The molecule has 66 heavy (non-hydrogen) atoms. The van der Waals surface area contributed by atoms with E-state index in [1.807, 2.05) is 12.2 Å². The highest BCUT2D eigenvalue weighted by Gasteiger charge is 2.28. The molecule has 11 nitrogen and oxygen atoms in total. The van der Waals surface area contributed by atoms with Crippen molar-refractivity contribution in [2.24, 2.45) is 0 Å². The number of hydrogen-bond acceptors (Lipinski definition) is 10. The average Bonchev–Trinajstić information content (AvgIpc) is 3.30. The maximum Gasteiger partial charge on any atom is 0.472 e. The van der Waals surface area contributed by atoms with Gasteiger partial charge < -0.3 is 24.2 Å². The summed E-state index contributed by atoms with van der Waals surface area (Å²) >= 11 is 0. The minimum Gasteiger partial charge on any atom is -0.462 e. The third kappa shape index (κ3) is 45.6. The highest BCUT2D eigenvalue weighted by atomic mass is 31.2. The van der Waals surface area contributed by atoms with Gasteiger partial charge in [-0.05, 0) is 96.3 Å². The van der Waals surface area contributed by atoms with Crippen LogP contribution in [-0.4, -0.2) is 66.5 Å². The molecule has 0 aliphatic rings. The zero-order valence-corrected chi connectivity index (χ0v) is 42.0. The molecule has 0 aromatic rings. The monoisotopic (exact) mass is 945 g/mol. The molecule has 0 radical (unpaired) electrons. The Kier molecular flexibility index (Phi) is 45.3. The van der Waals surface area contributed by atoms with E-state index in [-0.39, 0.29) is 25.9 Å². The van der Waals surface area contributed by atoms with Crippen molar-refractivity contribution in [3.63, 3.8) is 0 Å². The van der Waals surface area contributed by atoms with Crippen LogP contribution in [0, 0.1) is 0 Å². The van der Waals surface area contributed by atoms with Gasteiger partial charge in [-0.3, -0.25) is 23.4 Å². The summed E-state index contributed by atoms with van der Waals surface area (Å²) in [4.78, 5) is 48.2. The number of phosphoric acid groups is 1. The van der Waals surface area contributed by atoms with Gasteiger partial charge in [0.25, 0.3) is 0 Å². The van der Waals surface area contributed by atoms with Gasteiger partial charge in [-0.15, -0.1) is 0 Å². The number of carbonyl (C=O) groups excluding carboxylic acids is 3. The number of esters is 3. The van der Waals surface area contributed by atoms with Gasteiger partial charge in [-0.25, -0.2) is 4.57 Å². The summed E-state index contributed by atoms with van der Waals surface area (Å²) in [5.41, 5.74) is 0. The molecule has 2 N–H and O–H groups in total. The Morgan fingerprint density at radius 2 is 0.818 bits per heavy atom. The van der Waals surface area contributed by atoms with Gasteiger partial charge in [-0.2, -0.15) is 0 Å². The van der Waals surface area contributed by atoms with Crippen LogP contribution in [-0.2, 0) is 42.2 Å². The van der Waals surface area contributed by atoms with Gasteiger partial charge in [-0.1, -0.05) is 169 Å². The van der Waals surface area contributed by atoms with E-state index in [0.29, 0.717) is 19.3 Å². The van der Waals surface area contributed by atoms with Crippen molar-refractivity contribution in [3.05, 3.63) is 97.2 Å². The molecule has 0 aliphatic heterocycles. The fourth-order valence-corrected chi connectivity index (χ4v) is 6.97. The molecular weight excluding hydrogens is 856 g/mol. The topological polar surface area (TPSA) is 155 Å². The Balaban J connectivity index is 4.88. The molecule has 0 saturated carbocycles. The second kappa shape index (κ2) is 47.9. The van der Waals surface area contributed by atoms with Crippen molar-refractivity contribution in [2.45, 2.75) is 200 Å². The molecular formula is C54H89O11P. The summed E-state index contributed by atoms with van der Waals surface area (Å²) in [5.74, 6) is -1.61. The largest absolute Gasteiger partial charge is 0.472 e. The van der Waals surface area contributed by atoms with E-state index in [1.54, 1.807) is 0 Å². The maximum absolute atomic E-state index is 12.8. The van der Waals surface area contributed by atoms with Crippen LogP contribution in [0.25, 0.3) is 0 Å². The molecule has 0 bridgehead atoms. The predicted octanol–water partition coefficient (Wildman–Crippen LogP) is 14.1. The third-order valence-corrected chi connectivity index (χ3v) is 10.9. The molecule has 3 atom stereocenters. The average molecular weight is 945 g/mol. The van der Waals surface area contributed by atoms with E-state index in [0.717, 1.165) is 116 Å². The van der Waals surface area contributed by atoms with E-state index in [9.17, 15) is 28.9 Å². The van der Waals surface area contributed by atoms with Gasteiger partial charge >= 0.3 is 25.7 Å². The Morgan fingerprint density at radius 1 is 0.439 bits per heavy atom. The smallest absolute Gasteiger partial charge is 0.462 e. The summed E-state index contributed by atoms with van der Waals surface area (Å²) < 4.78 is 39.2. The van der Waals surface area contributed by atoms with Crippen LogP contribution in [0.3, 0.4) is 0 Å². The molecule has 0 aliphatic carbocycles. The van der Waals surface area contributed by atoms with E-state index in [4.69, 9.17) is 23.3 Å². The molecule has 0 spiro atoms. The molecule has 0 aromatic carbocycles. The first kappa shape index (κ1) is 62.4. The number of aliphatic hydroxyl groups excluding tert-OH is 1. The first-order valence-corrected chi connectivity index (χ1v) is 26.6. The number of unbranched alkanes of at least 4 members (excludes halogenated alkanes) is 12. The quantitative estimate of drug-likeness (QED) is 0.0197. The molecule has 0 fully saturated rings. The zero-order valence-electron chi connectivity index (χ0n) is 41.1. The first-order valence-electron chi connectivity index (χ1n) is 25.1. The summed E-state index contributed by atoms with van der Waals surface area (Å²) in [6, 6.07) is 0. The van der Waals surface area contributed by atoms with Gasteiger partial charge in [0.15, 0.2) is 6.10 Å². The maximum atomic E-state index is 12.8. The van der Waals surface area contributed by atoms with Crippen molar-refractivity contribution in [1.29, 1.82) is 0 Å². The SMILES string of the molecule is CC/C=C\C/C=C\C/C=C\C/C=C\CCC(=O)OCC(COP(=O)(O)OCC(CO)OC(=O)CCCCCCC/C=C\CCCC)OC(=O)CCCCCCC/C=C\C/C=C\C/C=C\CC. The Bertz CT molecular complexity index is 1480. The number of hydrogen-bond donors (Lipinski definition) is 2. The van der Waals surface area contributed by atoms with Gasteiger partial charge in [0.2, 0.25) is 0 Å². The minimum atomic E-state index is -4.76. The zero-order chi connectivity index (χ0) is 48.4. The Hall–Kier alpha value is -3.60. The predicted molar refractivity (Wildman–Crippen MR) is 270 cm³/mol. The fourth-order valence-electron chi connectivity index (χ4n) is 6.19.